The maximum Gasteiger partial charge on any atom is 0.416 e. The van der Waals surface area contributed by atoms with E-state index in [2.05, 4.69) is 10.3 Å². The van der Waals surface area contributed by atoms with Gasteiger partial charge in [0.1, 0.15) is 0 Å². The number of nitrogens with one attached hydrogen (secondary N) is 1. The van der Waals surface area contributed by atoms with Crippen LogP contribution in [-0.4, -0.2) is 12.0 Å². The molecule has 0 amide bonds. The molecule has 0 saturated carbocycles. The van der Waals surface area contributed by atoms with Crippen LogP contribution in [0.15, 0.2) is 18.5 Å². The van der Waals surface area contributed by atoms with Crippen LogP contribution >= 0.6 is 0 Å². The first-order valence-electron chi connectivity index (χ1n) is 5.83. The van der Waals surface area contributed by atoms with Gasteiger partial charge in [0.15, 0.2) is 0 Å². The van der Waals surface area contributed by atoms with Gasteiger partial charge in [-0.15, -0.1) is 0 Å². The molecule has 18 heavy (non-hydrogen) atoms. The predicted molar refractivity (Wildman–Crippen MR) is 65.1 cm³/mol. The van der Waals surface area contributed by atoms with Gasteiger partial charge >= 0.3 is 6.18 Å². The first-order valence-corrected chi connectivity index (χ1v) is 5.83. The number of alkyl halides is 3. The zero-order valence-corrected chi connectivity index (χ0v) is 11.1. The standard InChI is InChI=1S/C13H19F3N2/c1-12(2,3)7-11(17-4)9-8-18-6-5-10(9)13(14,15)16/h5-6,8,11,17H,7H2,1-4H3. The normalized spacial score (nSPS) is 14.6. The Labute approximate surface area is 106 Å². The van der Waals surface area contributed by atoms with Gasteiger partial charge in [0, 0.05) is 18.4 Å². The molecule has 1 rings (SSSR count). The van der Waals surface area contributed by atoms with Crippen molar-refractivity contribution in [2.24, 2.45) is 5.41 Å². The average Bonchev–Trinajstić information content (AvgIpc) is 2.23. The molecule has 0 aromatic carbocycles. The molecule has 0 saturated heterocycles. The van der Waals surface area contributed by atoms with E-state index in [1.165, 1.54) is 12.4 Å². The molecule has 0 aliphatic heterocycles. The van der Waals surface area contributed by atoms with Gasteiger partial charge in [-0.1, -0.05) is 20.8 Å². The van der Waals surface area contributed by atoms with Gasteiger partial charge < -0.3 is 5.32 Å². The Balaban J connectivity index is 3.14. The van der Waals surface area contributed by atoms with Gasteiger partial charge in [0.2, 0.25) is 0 Å². The number of rotatable bonds is 3. The van der Waals surface area contributed by atoms with Crippen molar-refractivity contribution in [3.8, 4) is 0 Å². The van der Waals surface area contributed by atoms with Crippen molar-refractivity contribution in [2.45, 2.75) is 39.4 Å². The molecule has 5 heteroatoms. The Hall–Kier alpha value is -1.10. The van der Waals surface area contributed by atoms with E-state index in [1.54, 1.807) is 7.05 Å². The lowest BCUT2D eigenvalue weighted by Gasteiger charge is -2.27. The van der Waals surface area contributed by atoms with E-state index in [0.717, 1.165) is 6.07 Å². The summed E-state index contributed by atoms with van der Waals surface area (Å²) in [5.74, 6) is 0. The van der Waals surface area contributed by atoms with Crippen molar-refractivity contribution in [3.05, 3.63) is 29.6 Å². The second-order valence-electron chi connectivity index (χ2n) is 5.57. The molecule has 0 spiro atoms. The van der Waals surface area contributed by atoms with E-state index in [-0.39, 0.29) is 17.0 Å². The molecule has 1 N–H and O–H groups in total. The fraction of sp³-hybridized carbons (Fsp3) is 0.615. The topological polar surface area (TPSA) is 24.9 Å². The third-order valence-corrected chi connectivity index (χ3v) is 2.70. The Kier molecular flexibility index (Phi) is 4.37. The lowest BCUT2D eigenvalue weighted by atomic mass is 9.84. The summed E-state index contributed by atoms with van der Waals surface area (Å²) in [6.45, 7) is 6.00. The molecule has 102 valence electrons. The number of aromatic nitrogens is 1. The Morgan fingerprint density at radius 1 is 1.28 bits per heavy atom. The van der Waals surface area contributed by atoms with Gasteiger partial charge in [-0.05, 0) is 30.5 Å². The zero-order chi connectivity index (χ0) is 14.0. The van der Waals surface area contributed by atoms with Crippen LogP contribution in [0.3, 0.4) is 0 Å². The Morgan fingerprint density at radius 3 is 2.33 bits per heavy atom. The molecule has 0 fully saturated rings. The number of hydrogen-bond donors (Lipinski definition) is 1. The fourth-order valence-corrected chi connectivity index (χ4v) is 1.92. The van der Waals surface area contributed by atoms with E-state index < -0.39 is 11.7 Å². The van der Waals surface area contributed by atoms with Crippen LogP contribution in [0.25, 0.3) is 0 Å². The molecule has 1 aromatic rings. The number of halogens is 3. The number of hydrogen-bond acceptors (Lipinski definition) is 2. The lowest BCUT2D eigenvalue weighted by Crippen LogP contribution is -2.25. The van der Waals surface area contributed by atoms with Crippen molar-refractivity contribution >= 4 is 0 Å². The largest absolute Gasteiger partial charge is 0.416 e. The molecule has 2 nitrogen and oxygen atoms in total. The molecular weight excluding hydrogens is 241 g/mol. The molecule has 1 unspecified atom stereocenters. The van der Waals surface area contributed by atoms with E-state index in [0.29, 0.717) is 6.42 Å². The smallest absolute Gasteiger partial charge is 0.313 e. The highest BCUT2D eigenvalue weighted by atomic mass is 19.4. The minimum absolute atomic E-state index is 0.0631. The molecule has 0 aliphatic carbocycles. The molecule has 1 aromatic heterocycles. The van der Waals surface area contributed by atoms with Crippen molar-refractivity contribution in [3.63, 3.8) is 0 Å². The summed E-state index contributed by atoms with van der Waals surface area (Å²) in [7, 11) is 1.67. The Morgan fingerprint density at radius 2 is 1.89 bits per heavy atom. The lowest BCUT2D eigenvalue weighted by molar-refractivity contribution is -0.138. The predicted octanol–water partition coefficient (Wildman–Crippen LogP) is 3.80. The fourth-order valence-electron chi connectivity index (χ4n) is 1.92. The van der Waals surface area contributed by atoms with Crippen LogP contribution in [0.4, 0.5) is 13.2 Å². The monoisotopic (exact) mass is 260 g/mol. The SMILES string of the molecule is CNC(CC(C)(C)C)c1cnccc1C(F)(F)F. The van der Waals surface area contributed by atoms with Crippen LogP contribution in [-0.2, 0) is 6.18 Å². The zero-order valence-electron chi connectivity index (χ0n) is 11.1. The minimum Gasteiger partial charge on any atom is -0.313 e. The van der Waals surface area contributed by atoms with Crippen molar-refractivity contribution in [1.82, 2.24) is 10.3 Å². The second kappa shape index (κ2) is 5.26. The summed E-state index contributed by atoms with van der Waals surface area (Å²) in [5.41, 5.74) is -0.463. The molecular formula is C13H19F3N2. The number of nitrogens with zero attached hydrogens (tertiary/aromatic N) is 1. The molecule has 1 heterocycles. The molecule has 1 atom stereocenters. The van der Waals surface area contributed by atoms with Gasteiger partial charge in [0.05, 0.1) is 5.56 Å². The maximum atomic E-state index is 12.9. The molecule has 0 aliphatic rings. The van der Waals surface area contributed by atoms with Crippen LogP contribution < -0.4 is 5.32 Å². The third kappa shape index (κ3) is 3.98. The summed E-state index contributed by atoms with van der Waals surface area (Å²) < 4.78 is 38.8. The van der Waals surface area contributed by atoms with E-state index >= 15 is 0 Å². The van der Waals surface area contributed by atoms with E-state index in [4.69, 9.17) is 0 Å². The van der Waals surface area contributed by atoms with E-state index in [9.17, 15) is 13.2 Å². The van der Waals surface area contributed by atoms with Gasteiger partial charge in [0.25, 0.3) is 0 Å². The van der Waals surface area contributed by atoms with Crippen molar-refractivity contribution in [2.75, 3.05) is 7.05 Å². The Bertz CT molecular complexity index is 394. The highest BCUT2D eigenvalue weighted by Gasteiger charge is 2.35. The van der Waals surface area contributed by atoms with Gasteiger partial charge in [-0.25, -0.2) is 0 Å². The average molecular weight is 260 g/mol. The first-order chi connectivity index (χ1) is 8.15. The van der Waals surface area contributed by atoms with Crippen LogP contribution in [0.1, 0.15) is 44.4 Å². The summed E-state index contributed by atoms with van der Waals surface area (Å²) in [5, 5.41) is 2.95. The van der Waals surface area contributed by atoms with E-state index in [1.807, 2.05) is 20.8 Å². The first kappa shape index (κ1) is 15.0. The van der Waals surface area contributed by atoms with Crippen molar-refractivity contribution < 1.29 is 13.2 Å². The van der Waals surface area contributed by atoms with Crippen molar-refractivity contribution in [1.29, 1.82) is 0 Å². The summed E-state index contributed by atoms with van der Waals surface area (Å²) in [6, 6.07) is 0.679. The quantitative estimate of drug-likeness (QED) is 0.894. The third-order valence-electron chi connectivity index (χ3n) is 2.70. The number of pyridine rings is 1. The summed E-state index contributed by atoms with van der Waals surface area (Å²) in [6.07, 6.45) is -1.25. The highest BCUT2D eigenvalue weighted by Crippen LogP contribution is 2.37. The van der Waals surface area contributed by atoms with Gasteiger partial charge in [-0.2, -0.15) is 13.2 Å². The van der Waals surface area contributed by atoms with Gasteiger partial charge in [-0.3, -0.25) is 4.98 Å². The molecule has 0 bridgehead atoms. The second-order valence-corrected chi connectivity index (χ2v) is 5.57. The summed E-state index contributed by atoms with van der Waals surface area (Å²) >= 11 is 0. The summed E-state index contributed by atoms with van der Waals surface area (Å²) in [4.78, 5) is 3.82. The highest BCUT2D eigenvalue weighted by molar-refractivity contribution is 5.29. The molecule has 0 radical (unpaired) electrons. The van der Waals surface area contributed by atoms with Crippen LogP contribution in [0.5, 0.6) is 0 Å². The van der Waals surface area contributed by atoms with Crippen LogP contribution in [0.2, 0.25) is 0 Å². The maximum absolute atomic E-state index is 12.9. The van der Waals surface area contributed by atoms with Crippen LogP contribution in [0, 0.1) is 5.41 Å². The minimum atomic E-state index is -4.34.